The molecule has 2 radical (unpaired) electrons. The van der Waals surface area contributed by atoms with Crippen molar-refractivity contribution in [1.82, 2.24) is 0 Å². The van der Waals surface area contributed by atoms with Gasteiger partial charge in [0.1, 0.15) is 28.6 Å². The Morgan fingerprint density at radius 1 is 0.500 bits per heavy atom. The minimum atomic E-state index is -2.98. The van der Waals surface area contributed by atoms with Gasteiger partial charge < -0.3 is 10.4 Å². The molecule has 272 valence electrons. The van der Waals surface area contributed by atoms with Gasteiger partial charge in [0.05, 0.1) is 23.5 Å². The van der Waals surface area contributed by atoms with Crippen LogP contribution in [0.5, 0.6) is 11.5 Å². The Balaban J connectivity index is 1.59. The first kappa shape index (κ1) is 37.3. The van der Waals surface area contributed by atoms with Crippen LogP contribution in [0, 0.1) is 58.2 Å². The van der Waals surface area contributed by atoms with Gasteiger partial charge in [0.15, 0.2) is 40.7 Å². The predicted octanol–water partition coefficient (Wildman–Crippen LogP) is 6.81. The molecule has 2 N–H and O–H groups in total. The van der Waals surface area contributed by atoms with Gasteiger partial charge in [-0.2, -0.15) is 16.4 Å². The van der Waals surface area contributed by atoms with Gasteiger partial charge in [0, 0.05) is 16.5 Å². The molecule has 0 atom stereocenters. The number of hydrogen-bond acceptors (Lipinski definition) is 2. The van der Waals surface area contributed by atoms with Crippen LogP contribution in [0.2, 0.25) is 0 Å². The second kappa shape index (κ2) is 13.7. The van der Waals surface area contributed by atoms with E-state index in [4.69, 9.17) is 10.4 Å². The lowest BCUT2D eigenvalue weighted by Gasteiger charge is -2.41. The highest BCUT2D eigenvalue weighted by Gasteiger charge is 2.50. The van der Waals surface area contributed by atoms with Crippen LogP contribution in [0.4, 0.5) is 43.9 Å². The van der Waals surface area contributed by atoms with Crippen LogP contribution < -0.4 is 42.7 Å². The van der Waals surface area contributed by atoms with Gasteiger partial charge in [-0.05, 0) is 37.0 Å². The maximum absolute atomic E-state index is 15.8. The number of ether oxygens (including phenoxy) is 1. The Bertz CT molecular complexity index is 2300. The number of fused-ring (bicyclic) bond motifs is 2. The van der Waals surface area contributed by atoms with E-state index in [1.54, 1.807) is 44.2 Å². The maximum atomic E-state index is 15.8. The molecule has 6 aromatic carbocycles. The molecule has 0 saturated heterocycles. The Morgan fingerprint density at radius 2 is 0.889 bits per heavy atom. The molecular weight excluding hydrogens is 741 g/mol. The molecule has 2 nitrogen and oxygen atoms in total. The van der Waals surface area contributed by atoms with Crippen LogP contribution in [0.1, 0.15) is 25.0 Å². The molecule has 1 aliphatic heterocycles. The Hall–Kier alpha value is -5.06. The SMILES string of the molecule is CC1(C)c2cccc([B-](c3c(F)c(F)c(F)c(F)c3F)c3c(F)c(F)c(F)c(F)c3F)c2Oc2c1cccc2[P+]([B]N)(c1ccccc1)c1ccccc1. The molecule has 0 aromatic heterocycles. The van der Waals surface area contributed by atoms with Crippen molar-refractivity contribution in [1.29, 1.82) is 0 Å². The molecule has 6 aromatic rings. The lowest BCUT2D eigenvalue weighted by Crippen LogP contribution is -2.59. The zero-order valence-corrected chi connectivity index (χ0v) is 29.0. The summed E-state index contributed by atoms with van der Waals surface area (Å²) in [5.41, 5.74) is 1.79. The highest BCUT2D eigenvalue weighted by molar-refractivity contribution is 8.16. The third-order valence-corrected chi connectivity index (χ3v) is 13.7. The number of halogens is 10. The van der Waals surface area contributed by atoms with E-state index in [9.17, 15) is 26.3 Å². The highest BCUT2D eigenvalue weighted by Crippen LogP contribution is 2.58. The van der Waals surface area contributed by atoms with Crippen molar-refractivity contribution >= 4 is 53.3 Å². The molecule has 0 bridgehead atoms. The van der Waals surface area contributed by atoms with Crippen LogP contribution >= 0.6 is 7.14 Å². The van der Waals surface area contributed by atoms with E-state index >= 15 is 17.6 Å². The highest BCUT2D eigenvalue weighted by atomic mass is 31.2. The second-order valence-electron chi connectivity index (χ2n) is 13.0. The fraction of sp³-hybridized carbons (Fsp3) is 0.0769. The summed E-state index contributed by atoms with van der Waals surface area (Å²) in [6, 6.07) is 27.3. The third-order valence-electron chi connectivity index (χ3n) is 9.90. The van der Waals surface area contributed by atoms with E-state index in [0.29, 0.717) is 10.9 Å². The van der Waals surface area contributed by atoms with E-state index in [1.807, 2.05) is 48.5 Å². The second-order valence-corrected chi connectivity index (χ2v) is 16.3. The summed E-state index contributed by atoms with van der Waals surface area (Å²) in [6.45, 7) is 0.621. The van der Waals surface area contributed by atoms with Crippen LogP contribution in [-0.2, 0) is 5.41 Å². The monoisotopic (exact) mass is 765 g/mol. The molecule has 0 amide bonds. The van der Waals surface area contributed by atoms with E-state index < -0.39 is 93.8 Å². The van der Waals surface area contributed by atoms with Crippen LogP contribution in [0.15, 0.2) is 97.1 Å². The fourth-order valence-electron chi connectivity index (χ4n) is 7.25. The summed E-state index contributed by atoms with van der Waals surface area (Å²) in [4.78, 5) is 0. The molecule has 15 heteroatoms. The van der Waals surface area contributed by atoms with Crippen molar-refractivity contribution in [3.63, 3.8) is 0 Å². The smallest absolute Gasteiger partial charge is 0.456 e. The quantitative estimate of drug-likeness (QED) is 0.0638. The van der Waals surface area contributed by atoms with Crippen molar-refractivity contribution < 1.29 is 48.6 Å². The zero-order valence-electron chi connectivity index (χ0n) is 28.1. The zero-order chi connectivity index (χ0) is 38.9. The molecule has 0 saturated carbocycles. The maximum Gasteiger partial charge on any atom is 0.473 e. The van der Waals surface area contributed by atoms with Gasteiger partial charge in [-0.1, -0.05) is 80.6 Å². The lowest BCUT2D eigenvalue weighted by molar-refractivity contribution is 0.382. The van der Waals surface area contributed by atoms with Crippen molar-refractivity contribution in [3.8, 4) is 11.5 Å². The Morgan fingerprint density at radius 3 is 1.31 bits per heavy atom. The molecule has 0 unspecified atom stereocenters. The minimum Gasteiger partial charge on any atom is -0.456 e. The summed E-state index contributed by atoms with van der Waals surface area (Å²) < 4.78 is 158. The average molecular weight is 765 g/mol. The molecule has 1 aliphatic rings. The molecule has 54 heavy (non-hydrogen) atoms. The van der Waals surface area contributed by atoms with E-state index in [1.165, 1.54) is 19.3 Å². The third kappa shape index (κ3) is 5.36. The lowest BCUT2D eigenvalue weighted by atomic mass is 9.35. The molecule has 1 heterocycles. The van der Waals surface area contributed by atoms with Crippen molar-refractivity contribution in [2.75, 3.05) is 0 Å². The van der Waals surface area contributed by atoms with Gasteiger partial charge >= 0.3 is 7.13 Å². The van der Waals surface area contributed by atoms with E-state index in [0.717, 1.165) is 16.7 Å². The summed E-state index contributed by atoms with van der Waals surface area (Å²) in [6.07, 6.45) is 0. The summed E-state index contributed by atoms with van der Waals surface area (Å²) >= 11 is 0. The van der Waals surface area contributed by atoms with Gasteiger partial charge in [-0.25, -0.2) is 43.9 Å². The molecule has 0 spiro atoms. The van der Waals surface area contributed by atoms with Crippen molar-refractivity contribution in [2.24, 2.45) is 5.64 Å². The first-order chi connectivity index (χ1) is 25.7. The number of nitrogens with two attached hydrogens (primary N) is 1. The van der Waals surface area contributed by atoms with Crippen molar-refractivity contribution in [2.45, 2.75) is 19.3 Å². The van der Waals surface area contributed by atoms with E-state index in [2.05, 4.69) is 0 Å². The number of para-hydroxylation sites is 2. The molecule has 0 aliphatic carbocycles. The van der Waals surface area contributed by atoms with Gasteiger partial charge in [0.2, 0.25) is 0 Å². The topological polar surface area (TPSA) is 35.2 Å². The van der Waals surface area contributed by atoms with Crippen molar-refractivity contribution in [3.05, 3.63) is 166 Å². The Kier molecular flexibility index (Phi) is 9.43. The Labute approximate surface area is 304 Å². The van der Waals surface area contributed by atoms with Crippen LogP contribution in [0.25, 0.3) is 0 Å². The number of rotatable bonds is 7. The predicted molar refractivity (Wildman–Crippen MR) is 191 cm³/mol. The van der Waals surface area contributed by atoms with Crippen LogP contribution in [0.3, 0.4) is 0 Å². The molecular formula is C39H24B2F10NOP. The van der Waals surface area contributed by atoms with Gasteiger partial charge in [-0.15, -0.1) is 0 Å². The largest absolute Gasteiger partial charge is 0.473 e. The summed E-state index contributed by atoms with van der Waals surface area (Å²) in [5, 5.41) is 2.05. The van der Waals surface area contributed by atoms with Gasteiger partial charge in [0.25, 0.3) is 0 Å². The summed E-state index contributed by atoms with van der Waals surface area (Å²) in [5.74, 6) is -25.7. The molecule has 0 fully saturated rings. The van der Waals surface area contributed by atoms with Crippen LogP contribution in [-0.4, -0.2) is 13.8 Å². The number of benzene rings is 6. The number of hydrogen-bond donors (Lipinski definition) is 1. The average Bonchev–Trinajstić information content (AvgIpc) is 3.18. The first-order valence-corrected chi connectivity index (χ1v) is 18.1. The van der Waals surface area contributed by atoms with E-state index in [-0.39, 0.29) is 17.1 Å². The minimum absolute atomic E-state index is 0.138. The standard InChI is InChI=1S/C39H24B2F10NOP/c1-39(2)21-15-9-17-23(41(25-27(42)31(46)35(50)32(47)28(25)43)26-29(44)33(48)36(51)34(49)30(26)45)37(21)53-38-22(39)16-10-18-24(38)54(40-52,19-11-5-3-6-12-19)20-13-7-4-8-14-20/h3-18H,52H2,1-2H3. The van der Waals surface area contributed by atoms with Gasteiger partial charge in [-0.3, -0.25) is 0 Å². The summed E-state index contributed by atoms with van der Waals surface area (Å²) in [7, 11) is -1.44. The molecule has 7 rings (SSSR count). The normalized spacial score (nSPS) is 13.4. The fourth-order valence-corrected chi connectivity index (χ4v) is 10.7. The first-order valence-electron chi connectivity index (χ1n) is 16.2.